The van der Waals surface area contributed by atoms with Gasteiger partial charge in [-0.05, 0) is 13.8 Å². The Morgan fingerprint density at radius 1 is 1.62 bits per heavy atom. The van der Waals surface area contributed by atoms with E-state index >= 15 is 0 Å². The molecule has 72 valence electrons. The number of hydroxylamine groups is 2. The number of carbonyl (C=O) groups is 1. The molecule has 0 unspecified atom stereocenters. The Hall–Kier alpha value is -1.43. The monoisotopic (exact) mass is 184 g/mol. The third-order valence-electron chi connectivity index (χ3n) is 1.78. The molecule has 0 fully saturated rings. The van der Waals surface area contributed by atoms with Crippen LogP contribution in [0.15, 0.2) is 10.2 Å². The van der Waals surface area contributed by atoms with E-state index < -0.39 is 0 Å². The molecule has 0 aromatic rings. The number of carbonyl (C=O) groups excluding carboxylic acids is 1. The molecular formula is C7H12N4O2. The SMILES string of the molecule is CC(=O)NC1=NN=C(C)[C@@H](C)N1O. The summed E-state index contributed by atoms with van der Waals surface area (Å²) in [7, 11) is 0. The fraction of sp³-hybridized carbons (Fsp3) is 0.571. The van der Waals surface area contributed by atoms with E-state index in [-0.39, 0.29) is 17.9 Å². The first kappa shape index (κ1) is 9.66. The summed E-state index contributed by atoms with van der Waals surface area (Å²) in [5.74, 6) is -0.231. The summed E-state index contributed by atoms with van der Waals surface area (Å²) in [6, 6.07) is -0.264. The highest BCUT2D eigenvalue weighted by molar-refractivity contribution is 6.00. The zero-order valence-electron chi connectivity index (χ0n) is 7.77. The number of rotatable bonds is 0. The molecule has 1 rings (SSSR count). The number of guanidine groups is 1. The summed E-state index contributed by atoms with van der Waals surface area (Å²) in [6.45, 7) is 4.85. The quantitative estimate of drug-likeness (QED) is 0.554. The van der Waals surface area contributed by atoms with Gasteiger partial charge in [-0.3, -0.25) is 15.3 Å². The van der Waals surface area contributed by atoms with Gasteiger partial charge in [0.25, 0.3) is 0 Å². The predicted octanol–water partition coefficient (Wildman–Crippen LogP) is -0.0523. The molecule has 1 heterocycles. The molecule has 0 radical (unpaired) electrons. The first-order valence-electron chi connectivity index (χ1n) is 3.90. The minimum absolute atomic E-state index is 0.0607. The lowest BCUT2D eigenvalue weighted by molar-refractivity contribution is -0.118. The molecule has 1 amide bonds. The summed E-state index contributed by atoms with van der Waals surface area (Å²) >= 11 is 0. The van der Waals surface area contributed by atoms with Crippen molar-refractivity contribution in [3.05, 3.63) is 0 Å². The van der Waals surface area contributed by atoms with Crippen LogP contribution in [-0.2, 0) is 4.79 Å². The average Bonchev–Trinajstić information content (AvgIpc) is 2.06. The summed E-state index contributed by atoms with van der Waals surface area (Å²) in [5, 5.41) is 20.1. The first-order chi connectivity index (χ1) is 6.02. The van der Waals surface area contributed by atoms with Gasteiger partial charge in [0.1, 0.15) is 0 Å². The molecule has 13 heavy (non-hydrogen) atoms. The third-order valence-corrected chi connectivity index (χ3v) is 1.78. The standard InChI is InChI=1S/C7H12N4O2/c1-4-5(2)11(13)7(10-9-4)8-6(3)12/h5,13H,1-3H3,(H,8,10,12)/t5-/m1/s1. The smallest absolute Gasteiger partial charge is 0.250 e. The average molecular weight is 184 g/mol. The minimum atomic E-state index is -0.292. The molecular weight excluding hydrogens is 172 g/mol. The fourth-order valence-electron chi connectivity index (χ4n) is 0.856. The molecule has 6 nitrogen and oxygen atoms in total. The van der Waals surface area contributed by atoms with Gasteiger partial charge in [-0.25, -0.2) is 5.06 Å². The van der Waals surface area contributed by atoms with Crippen molar-refractivity contribution in [2.75, 3.05) is 0 Å². The van der Waals surface area contributed by atoms with Crippen molar-refractivity contribution in [3.63, 3.8) is 0 Å². The topological polar surface area (TPSA) is 77.3 Å². The third kappa shape index (κ3) is 2.03. The molecule has 0 bridgehead atoms. The van der Waals surface area contributed by atoms with Crippen molar-refractivity contribution in [2.24, 2.45) is 10.2 Å². The van der Waals surface area contributed by atoms with E-state index in [1.807, 2.05) is 0 Å². The molecule has 0 aromatic carbocycles. The van der Waals surface area contributed by atoms with Crippen LogP contribution in [0, 0.1) is 0 Å². The second-order valence-electron chi connectivity index (χ2n) is 2.87. The molecule has 1 atom stereocenters. The molecule has 6 heteroatoms. The van der Waals surface area contributed by atoms with E-state index in [2.05, 4.69) is 15.5 Å². The number of hydrogen-bond acceptors (Lipinski definition) is 5. The maximum absolute atomic E-state index is 10.7. The van der Waals surface area contributed by atoms with Crippen molar-refractivity contribution in [1.82, 2.24) is 10.4 Å². The van der Waals surface area contributed by atoms with Crippen LogP contribution >= 0.6 is 0 Å². The highest BCUT2D eigenvalue weighted by Crippen LogP contribution is 2.04. The number of nitrogens with one attached hydrogen (secondary N) is 1. The van der Waals surface area contributed by atoms with Gasteiger partial charge in [0.2, 0.25) is 11.9 Å². The Morgan fingerprint density at radius 3 is 2.77 bits per heavy atom. The molecule has 2 N–H and O–H groups in total. The second-order valence-corrected chi connectivity index (χ2v) is 2.87. The Kier molecular flexibility index (Phi) is 2.62. The van der Waals surface area contributed by atoms with E-state index in [9.17, 15) is 10.0 Å². The highest BCUT2D eigenvalue weighted by Gasteiger charge is 2.23. The van der Waals surface area contributed by atoms with E-state index in [4.69, 9.17) is 0 Å². The first-order valence-corrected chi connectivity index (χ1v) is 3.90. The molecule has 0 spiro atoms. The van der Waals surface area contributed by atoms with Crippen LogP contribution < -0.4 is 5.32 Å². The van der Waals surface area contributed by atoms with Crippen LogP contribution in [0.5, 0.6) is 0 Å². The molecule has 0 aliphatic carbocycles. The number of hydrogen-bond donors (Lipinski definition) is 2. The normalized spacial score (nSPS) is 22.2. The van der Waals surface area contributed by atoms with Gasteiger partial charge < -0.3 is 0 Å². The minimum Gasteiger partial charge on any atom is -0.293 e. The number of amides is 1. The second kappa shape index (κ2) is 3.53. The highest BCUT2D eigenvalue weighted by atomic mass is 16.5. The lowest BCUT2D eigenvalue weighted by Gasteiger charge is -2.26. The Labute approximate surface area is 75.9 Å². The van der Waals surface area contributed by atoms with Gasteiger partial charge in [-0.1, -0.05) is 0 Å². The summed E-state index contributed by atoms with van der Waals surface area (Å²) in [4.78, 5) is 10.7. The van der Waals surface area contributed by atoms with Crippen LogP contribution in [0.4, 0.5) is 0 Å². The summed E-state index contributed by atoms with van der Waals surface area (Å²) in [5.41, 5.74) is 0.691. The van der Waals surface area contributed by atoms with E-state index in [0.29, 0.717) is 5.71 Å². The van der Waals surface area contributed by atoms with Gasteiger partial charge in [-0.2, -0.15) is 5.10 Å². The Morgan fingerprint density at radius 2 is 2.23 bits per heavy atom. The van der Waals surface area contributed by atoms with Gasteiger partial charge >= 0.3 is 0 Å². The zero-order chi connectivity index (χ0) is 10.0. The maximum atomic E-state index is 10.7. The van der Waals surface area contributed by atoms with Gasteiger partial charge in [0.15, 0.2) is 0 Å². The van der Waals surface area contributed by atoms with Crippen molar-refractivity contribution < 1.29 is 10.0 Å². The van der Waals surface area contributed by atoms with E-state index in [1.54, 1.807) is 13.8 Å². The van der Waals surface area contributed by atoms with Crippen molar-refractivity contribution in [3.8, 4) is 0 Å². The van der Waals surface area contributed by atoms with Crippen molar-refractivity contribution in [2.45, 2.75) is 26.8 Å². The van der Waals surface area contributed by atoms with Crippen molar-refractivity contribution >= 4 is 17.6 Å². The van der Waals surface area contributed by atoms with Crippen LogP contribution in [0.3, 0.4) is 0 Å². The predicted molar refractivity (Wildman–Crippen MR) is 47.4 cm³/mol. The van der Waals surface area contributed by atoms with Gasteiger partial charge in [-0.15, -0.1) is 5.10 Å². The Balaban J connectivity index is 2.80. The largest absolute Gasteiger partial charge is 0.293 e. The van der Waals surface area contributed by atoms with Crippen LogP contribution in [-0.4, -0.2) is 33.9 Å². The van der Waals surface area contributed by atoms with Crippen LogP contribution in [0.1, 0.15) is 20.8 Å². The molecule has 1 aliphatic rings. The van der Waals surface area contributed by atoms with E-state index in [1.165, 1.54) is 6.92 Å². The summed E-state index contributed by atoms with van der Waals surface area (Å²) < 4.78 is 0. The number of nitrogens with zero attached hydrogens (tertiary/aromatic N) is 3. The lowest BCUT2D eigenvalue weighted by Crippen LogP contribution is -2.49. The van der Waals surface area contributed by atoms with Gasteiger partial charge in [0.05, 0.1) is 11.8 Å². The molecule has 1 aliphatic heterocycles. The van der Waals surface area contributed by atoms with Crippen molar-refractivity contribution in [1.29, 1.82) is 0 Å². The summed E-state index contributed by atoms with van der Waals surface area (Å²) in [6.07, 6.45) is 0. The van der Waals surface area contributed by atoms with Gasteiger partial charge in [0, 0.05) is 6.92 Å². The maximum Gasteiger partial charge on any atom is 0.250 e. The molecule has 0 aromatic heterocycles. The molecule has 0 saturated carbocycles. The van der Waals surface area contributed by atoms with Crippen LogP contribution in [0.2, 0.25) is 0 Å². The van der Waals surface area contributed by atoms with E-state index in [0.717, 1.165) is 5.06 Å². The van der Waals surface area contributed by atoms with Crippen LogP contribution in [0.25, 0.3) is 0 Å². The fourth-order valence-corrected chi connectivity index (χ4v) is 0.856. The zero-order valence-corrected chi connectivity index (χ0v) is 7.77. The lowest BCUT2D eigenvalue weighted by atomic mass is 10.2. The molecule has 0 saturated heterocycles. The Bertz CT molecular complexity index is 284.